The van der Waals surface area contributed by atoms with Crippen LogP contribution in [0.25, 0.3) is 0 Å². The van der Waals surface area contributed by atoms with Gasteiger partial charge in [-0.15, -0.1) is 0 Å². The first-order chi connectivity index (χ1) is 13.7. The lowest BCUT2D eigenvalue weighted by atomic mass is 10.0. The van der Waals surface area contributed by atoms with Gasteiger partial charge in [0.05, 0.1) is 30.6 Å². The topological polar surface area (TPSA) is 68.0 Å². The molecule has 2 saturated heterocycles. The van der Waals surface area contributed by atoms with Crippen molar-refractivity contribution in [2.45, 2.75) is 19.4 Å². The molecule has 4 rings (SSSR count). The van der Waals surface area contributed by atoms with Gasteiger partial charge in [0, 0.05) is 57.4 Å². The number of hydrogen-bond acceptors (Lipinski definition) is 6. The molecule has 3 heterocycles. The summed E-state index contributed by atoms with van der Waals surface area (Å²) in [5.41, 5.74) is 2.60. The van der Waals surface area contributed by atoms with Crippen LogP contribution in [0.5, 0.6) is 0 Å². The van der Waals surface area contributed by atoms with Crippen LogP contribution in [0.2, 0.25) is 0 Å². The van der Waals surface area contributed by atoms with Crippen LogP contribution in [-0.4, -0.2) is 68.6 Å². The number of anilines is 1. The molecular formula is C21H27N3O4. The van der Waals surface area contributed by atoms with Gasteiger partial charge in [0.1, 0.15) is 5.76 Å². The zero-order chi connectivity index (χ0) is 19.5. The Hall–Kier alpha value is -2.38. The first-order valence-corrected chi connectivity index (χ1v) is 9.81. The van der Waals surface area contributed by atoms with E-state index >= 15 is 0 Å². The minimum atomic E-state index is -0.00935. The van der Waals surface area contributed by atoms with Crippen LogP contribution in [0.1, 0.15) is 21.8 Å². The minimum Gasteiger partial charge on any atom is -0.379 e. The van der Waals surface area contributed by atoms with E-state index in [-0.39, 0.29) is 17.9 Å². The first kappa shape index (κ1) is 19.0. The van der Waals surface area contributed by atoms with Crippen LogP contribution in [0.3, 0.4) is 0 Å². The van der Waals surface area contributed by atoms with Gasteiger partial charge in [-0.05, 0) is 19.1 Å². The summed E-state index contributed by atoms with van der Waals surface area (Å²) in [5.74, 6) is 1.09. The second kappa shape index (κ2) is 8.32. The summed E-state index contributed by atoms with van der Waals surface area (Å²) >= 11 is 0. The van der Waals surface area contributed by atoms with E-state index in [0.717, 1.165) is 35.8 Å². The fourth-order valence-corrected chi connectivity index (χ4v) is 4.15. The fraction of sp³-hybridized carbons (Fsp3) is 0.524. The molecule has 1 aromatic heterocycles. The highest BCUT2D eigenvalue weighted by Gasteiger charge is 2.37. The Kier molecular flexibility index (Phi) is 5.64. The number of amides is 1. The molecule has 0 unspecified atom stereocenters. The molecule has 2 aliphatic rings. The fourth-order valence-electron chi connectivity index (χ4n) is 4.15. The third-order valence-corrected chi connectivity index (χ3v) is 5.60. The van der Waals surface area contributed by atoms with E-state index in [4.69, 9.17) is 14.0 Å². The van der Waals surface area contributed by atoms with Crippen LogP contribution in [0.4, 0.5) is 5.69 Å². The Bertz CT molecular complexity index is 815. The summed E-state index contributed by atoms with van der Waals surface area (Å²) in [4.78, 5) is 17.5. The molecule has 7 nitrogen and oxygen atoms in total. The van der Waals surface area contributed by atoms with Crippen molar-refractivity contribution in [1.82, 2.24) is 10.1 Å². The molecule has 0 saturated carbocycles. The van der Waals surface area contributed by atoms with Gasteiger partial charge < -0.3 is 23.8 Å². The zero-order valence-electron chi connectivity index (χ0n) is 16.5. The number of ether oxygens (including phenoxy) is 2. The predicted octanol–water partition coefficient (Wildman–Crippen LogP) is 2.15. The number of carbonyl (C=O) groups excluding carboxylic acids is 1. The lowest BCUT2D eigenvalue weighted by Crippen LogP contribution is -2.38. The number of likely N-dealkylation sites (tertiary alicyclic amines) is 1. The lowest BCUT2D eigenvalue weighted by molar-refractivity contribution is 0.0672. The van der Waals surface area contributed by atoms with Crippen molar-refractivity contribution in [2.24, 2.45) is 5.92 Å². The van der Waals surface area contributed by atoms with Gasteiger partial charge in [0.25, 0.3) is 5.91 Å². The largest absolute Gasteiger partial charge is 0.379 e. The van der Waals surface area contributed by atoms with Gasteiger partial charge in [-0.1, -0.05) is 17.3 Å². The van der Waals surface area contributed by atoms with Crippen LogP contribution in [0, 0.1) is 12.8 Å². The minimum absolute atomic E-state index is 0.00935. The quantitative estimate of drug-likeness (QED) is 0.786. The van der Waals surface area contributed by atoms with E-state index in [1.165, 1.54) is 0 Å². The molecule has 2 aliphatic heterocycles. The van der Waals surface area contributed by atoms with Gasteiger partial charge in [-0.25, -0.2) is 0 Å². The molecule has 0 aliphatic carbocycles. The van der Waals surface area contributed by atoms with E-state index in [1.807, 2.05) is 42.2 Å². The van der Waals surface area contributed by atoms with E-state index < -0.39 is 0 Å². The van der Waals surface area contributed by atoms with Crippen molar-refractivity contribution in [1.29, 1.82) is 0 Å². The average molecular weight is 385 g/mol. The van der Waals surface area contributed by atoms with Gasteiger partial charge in [-0.3, -0.25) is 4.79 Å². The summed E-state index contributed by atoms with van der Waals surface area (Å²) in [6, 6.07) is 9.80. The van der Waals surface area contributed by atoms with E-state index in [9.17, 15) is 4.79 Å². The molecule has 0 N–H and O–H groups in total. The molecule has 2 fully saturated rings. The lowest BCUT2D eigenvalue weighted by Gasteiger charge is -2.31. The molecule has 0 spiro atoms. The molecule has 150 valence electrons. The van der Waals surface area contributed by atoms with Gasteiger partial charge in [-0.2, -0.15) is 0 Å². The number of benzene rings is 1. The Morgan fingerprint density at radius 3 is 2.75 bits per heavy atom. The summed E-state index contributed by atoms with van der Waals surface area (Å²) in [6.45, 7) is 6.14. The van der Waals surface area contributed by atoms with Crippen LogP contribution in [-0.2, 0) is 15.9 Å². The van der Waals surface area contributed by atoms with Crippen LogP contribution >= 0.6 is 0 Å². The van der Waals surface area contributed by atoms with E-state index in [2.05, 4.69) is 10.1 Å². The van der Waals surface area contributed by atoms with E-state index in [1.54, 1.807) is 7.11 Å². The summed E-state index contributed by atoms with van der Waals surface area (Å²) < 4.78 is 16.5. The molecule has 1 amide bonds. The molecular weight excluding hydrogens is 358 g/mol. The van der Waals surface area contributed by atoms with Gasteiger partial charge in [0.2, 0.25) is 0 Å². The van der Waals surface area contributed by atoms with Crippen LogP contribution in [0.15, 0.2) is 34.9 Å². The highest BCUT2D eigenvalue weighted by Crippen LogP contribution is 2.28. The second-order valence-corrected chi connectivity index (χ2v) is 7.50. The molecule has 28 heavy (non-hydrogen) atoms. The number of methoxy groups -OCH3 is 1. The molecule has 2 aromatic rings. The number of aryl methyl sites for hydroxylation is 1. The highest BCUT2D eigenvalue weighted by molar-refractivity contribution is 6.00. The number of nitrogens with zero attached hydrogens (tertiary/aromatic N) is 3. The third kappa shape index (κ3) is 3.91. The average Bonchev–Trinajstić information content (AvgIpc) is 3.34. The smallest absolute Gasteiger partial charge is 0.256 e. The third-order valence-electron chi connectivity index (χ3n) is 5.60. The van der Waals surface area contributed by atoms with Gasteiger partial charge in [0.15, 0.2) is 0 Å². The highest BCUT2D eigenvalue weighted by atomic mass is 16.5. The molecule has 7 heteroatoms. The maximum atomic E-state index is 13.4. The number of hydrogen-bond donors (Lipinski definition) is 0. The maximum absolute atomic E-state index is 13.4. The second-order valence-electron chi connectivity index (χ2n) is 7.50. The Labute approximate surface area is 165 Å². The summed E-state index contributed by atoms with van der Waals surface area (Å²) in [7, 11) is 1.71. The number of morpholine rings is 1. The molecule has 0 radical (unpaired) electrons. The van der Waals surface area contributed by atoms with Crippen molar-refractivity contribution in [2.75, 3.05) is 51.4 Å². The monoisotopic (exact) mass is 385 g/mol. The molecule has 1 aromatic carbocycles. The first-order valence-electron chi connectivity index (χ1n) is 9.81. The van der Waals surface area contributed by atoms with E-state index in [0.29, 0.717) is 32.7 Å². The number of carbonyl (C=O) groups is 1. The standard InChI is InChI=1S/C21H27N3O4/c1-15-11-17(28-22-15)12-16-13-24(14-20(16)26-2)21(25)18-5-3-4-6-19(18)23-7-9-27-10-8-23/h3-6,11,16,20H,7-10,12-14H2,1-2H3/t16-,20+/m1/s1. The van der Waals surface area contributed by atoms with Crippen molar-refractivity contribution in [3.8, 4) is 0 Å². The predicted molar refractivity (Wildman–Crippen MR) is 105 cm³/mol. The van der Waals surface area contributed by atoms with Crippen molar-refractivity contribution >= 4 is 11.6 Å². The Balaban J connectivity index is 1.50. The van der Waals surface area contributed by atoms with Crippen LogP contribution < -0.4 is 4.90 Å². The molecule has 2 atom stereocenters. The zero-order valence-corrected chi connectivity index (χ0v) is 16.5. The van der Waals surface area contributed by atoms with Gasteiger partial charge >= 0.3 is 0 Å². The number of aromatic nitrogens is 1. The van der Waals surface area contributed by atoms with Crippen molar-refractivity contribution < 1.29 is 18.8 Å². The SMILES string of the molecule is CO[C@H]1CN(C(=O)c2ccccc2N2CCOCC2)C[C@H]1Cc1cc(C)no1. The van der Waals surface area contributed by atoms with Crippen molar-refractivity contribution in [3.05, 3.63) is 47.3 Å². The molecule has 0 bridgehead atoms. The normalized spacial score (nSPS) is 22.6. The number of rotatable bonds is 5. The number of para-hydroxylation sites is 1. The Morgan fingerprint density at radius 1 is 1.25 bits per heavy atom. The van der Waals surface area contributed by atoms with Crippen molar-refractivity contribution in [3.63, 3.8) is 0 Å². The summed E-state index contributed by atoms with van der Waals surface area (Å²) in [6.07, 6.45) is 0.707. The maximum Gasteiger partial charge on any atom is 0.256 e. The Morgan fingerprint density at radius 2 is 2.04 bits per heavy atom. The summed E-state index contributed by atoms with van der Waals surface area (Å²) in [5, 5.41) is 3.96.